The first-order chi connectivity index (χ1) is 9.16. The Morgan fingerprint density at radius 2 is 2.11 bits per heavy atom. The molecule has 0 aliphatic carbocycles. The van der Waals surface area contributed by atoms with Gasteiger partial charge in [-0.15, -0.1) is 0 Å². The summed E-state index contributed by atoms with van der Waals surface area (Å²) < 4.78 is 5.55. The zero-order valence-electron chi connectivity index (χ0n) is 10.6. The summed E-state index contributed by atoms with van der Waals surface area (Å²) >= 11 is 9.99. The summed E-state index contributed by atoms with van der Waals surface area (Å²) in [5.74, 6) is 1.02. The molecule has 0 radical (unpaired) electrons. The minimum atomic E-state index is 0.164. The molecule has 0 amide bonds. The van der Waals surface area contributed by atoms with Gasteiger partial charge in [0.15, 0.2) is 0 Å². The average Bonchev–Trinajstić information content (AvgIpc) is 2.88. The summed E-state index contributed by atoms with van der Waals surface area (Å²) in [5.41, 5.74) is 4.88. The fourth-order valence-electron chi connectivity index (χ4n) is 2.44. The second-order valence-electron chi connectivity index (χ2n) is 4.78. The molecule has 19 heavy (non-hydrogen) atoms. The molecule has 1 nitrogen and oxygen atoms in total. The Morgan fingerprint density at radius 1 is 1.26 bits per heavy atom. The van der Waals surface area contributed by atoms with Crippen molar-refractivity contribution in [2.24, 2.45) is 0 Å². The predicted molar refractivity (Wildman–Crippen MR) is 82.6 cm³/mol. The highest BCUT2D eigenvalue weighted by atomic mass is 79.9. The van der Waals surface area contributed by atoms with Crippen molar-refractivity contribution in [1.29, 1.82) is 0 Å². The van der Waals surface area contributed by atoms with Crippen molar-refractivity contribution < 1.29 is 4.74 Å². The molecule has 3 rings (SSSR count). The Morgan fingerprint density at radius 3 is 2.95 bits per heavy atom. The van der Waals surface area contributed by atoms with Gasteiger partial charge in [0.25, 0.3) is 0 Å². The minimum absolute atomic E-state index is 0.164. The molecule has 1 atom stereocenters. The van der Waals surface area contributed by atoms with Crippen molar-refractivity contribution in [3.8, 4) is 5.75 Å². The molecule has 98 valence electrons. The van der Waals surface area contributed by atoms with Crippen LogP contribution in [-0.2, 0) is 6.42 Å². The van der Waals surface area contributed by atoms with Crippen molar-refractivity contribution in [2.75, 3.05) is 6.61 Å². The van der Waals surface area contributed by atoms with Crippen LogP contribution >= 0.6 is 27.5 Å². The SMILES string of the molecule is Cc1c(Cl)cccc1C(Br)c1ccc2c(c1)CCO2. The standard InChI is InChI=1S/C16H14BrClO/c1-10-13(3-2-4-14(10)18)16(17)12-5-6-15-11(9-12)7-8-19-15/h2-6,9,16H,7-8H2,1H3. The molecule has 0 bridgehead atoms. The molecular formula is C16H14BrClO. The highest BCUT2D eigenvalue weighted by Gasteiger charge is 2.18. The molecule has 1 heterocycles. The van der Waals surface area contributed by atoms with Crippen molar-refractivity contribution in [3.05, 3.63) is 63.7 Å². The van der Waals surface area contributed by atoms with Crippen LogP contribution in [0.15, 0.2) is 36.4 Å². The van der Waals surface area contributed by atoms with Crippen LogP contribution in [0.25, 0.3) is 0 Å². The number of hydrogen-bond acceptors (Lipinski definition) is 1. The van der Waals surface area contributed by atoms with E-state index in [4.69, 9.17) is 16.3 Å². The normalized spacial score (nSPS) is 14.9. The third-order valence-corrected chi connectivity index (χ3v) is 5.02. The maximum absolute atomic E-state index is 6.20. The monoisotopic (exact) mass is 336 g/mol. The summed E-state index contributed by atoms with van der Waals surface area (Å²) in [6.07, 6.45) is 0.997. The third kappa shape index (κ3) is 2.39. The molecule has 0 fully saturated rings. The summed E-state index contributed by atoms with van der Waals surface area (Å²) in [6.45, 7) is 2.85. The number of benzene rings is 2. The lowest BCUT2D eigenvalue weighted by Crippen LogP contribution is -1.97. The van der Waals surface area contributed by atoms with Gasteiger partial charge in [0, 0.05) is 11.4 Å². The van der Waals surface area contributed by atoms with E-state index in [-0.39, 0.29) is 4.83 Å². The molecular weight excluding hydrogens is 324 g/mol. The van der Waals surface area contributed by atoms with E-state index in [1.807, 2.05) is 12.1 Å². The van der Waals surface area contributed by atoms with Gasteiger partial charge in [-0.05, 0) is 41.3 Å². The van der Waals surface area contributed by atoms with E-state index in [0.717, 1.165) is 29.4 Å². The van der Waals surface area contributed by atoms with Gasteiger partial charge in [-0.1, -0.05) is 51.8 Å². The fourth-order valence-corrected chi connectivity index (χ4v) is 3.41. The van der Waals surface area contributed by atoms with E-state index in [0.29, 0.717) is 0 Å². The smallest absolute Gasteiger partial charge is 0.122 e. The lowest BCUT2D eigenvalue weighted by Gasteiger charge is -2.15. The third-order valence-electron chi connectivity index (χ3n) is 3.59. The van der Waals surface area contributed by atoms with Crippen LogP contribution in [-0.4, -0.2) is 6.61 Å². The molecule has 2 aromatic rings. The predicted octanol–water partition coefficient (Wildman–Crippen LogP) is 5.07. The quantitative estimate of drug-likeness (QED) is 0.695. The van der Waals surface area contributed by atoms with Gasteiger partial charge in [0.05, 0.1) is 11.4 Å². The number of alkyl halides is 1. The molecule has 1 unspecified atom stereocenters. The molecule has 1 aliphatic rings. The van der Waals surface area contributed by atoms with Gasteiger partial charge < -0.3 is 4.74 Å². The van der Waals surface area contributed by atoms with E-state index < -0.39 is 0 Å². The Hall–Kier alpha value is -0.990. The van der Waals surface area contributed by atoms with Gasteiger partial charge in [-0.25, -0.2) is 0 Å². The maximum Gasteiger partial charge on any atom is 0.122 e. The molecule has 0 saturated carbocycles. The van der Waals surface area contributed by atoms with Crippen LogP contribution in [0, 0.1) is 6.92 Å². The molecule has 0 spiro atoms. The van der Waals surface area contributed by atoms with Crippen LogP contribution in [0.1, 0.15) is 27.1 Å². The number of rotatable bonds is 2. The minimum Gasteiger partial charge on any atom is -0.493 e. The Bertz CT molecular complexity index is 624. The zero-order valence-corrected chi connectivity index (χ0v) is 13.0. The summed E-state index contributed by atoms with van der Waals surface area (Å²) in [4.78, 5) is 0.164. The van der Waals surface area contributed by atoms with Crippen molar-refractivity contribution in [2.45, 2.75) is 18.2 Å². The second-order valence-corrected chi connectivity index (χ2v) is 6.11. The first-order valence-electron chi connectivity index (χ1n) is 6.31. The second kappa shape index (κ2) is 5.18. The van der Waals surface area contributed by atoms with Crippen LogP contribution in [0.3, 0.4) is 0 Å². The van der Waals surface area contributed by atoms with Gasteiger partial charge in [-0.3, -0.25) is 0 Å². The number of ether oxygens (including phenoxy) is 1. The molecule has 0 N–H and O–H groups in total. The summed E-state index contributed by atoms with van der Waals surface area (Å²) in [6, 6.07) is 12.4. The first-order valence-corrected chi connectivity index (χ1v) is 7.61. The summed E-state index contributed by atoms with van der Waals surface area (Å²) in [5, 5.41) is 0.812. The molecule has 3 heteroatoms. The van der Waals surface area contributed by atoms with Gasteiger partial charge in [0.1, 0.15) is 5.75 Å². The van der Waals surface area contributed by atoms with Crippen LogP contribution in [0.5, 0.6) is 5.75 Å². The van der Waals surface area contributed by atoms with E-state index >= 15 is 0 Å². The highest BCUT2D eigenvalue weighted by molar-refractivity contribution is 9.09. The molecule has 1 aliphatic heterocycles. The Labute approximate surface area is 126 Å². The van der Waals surface area contributed by atoms with Gasteiger partial charge in [0.2, 0.25) is 0 Å². The maximum atomic E-state index is 6.20. The topological polar surface area (TPSA) is 9.23 Å². The van der Waals surface area contributed by atoms with Gasteiger partial charge in [-0.2, -0.15) is 0 Å². The number of halogens is 2. The average molecular weight is 338 g/mol. The largest absolute Gasteiger partial charge is 0.493 e. The highest BCUT2D eigenvalue weighted by Crippen LogP contribution is 2.37. The summed E-state index contributed by atoms with van der Waals surface area (Å²) in [7, 11) is 0. The van der Waals surface area contributed by atoms with Gasteiger partial charge >= 0.3 is 0 Å². The van der Waals surface area contributed by atoms with E-state index in [9.17, 15) is 0 Å². The van der Waals surface area contributed by atoms with Crippen molar-refractivity contribution >= 4 is 27.5 Å². The van der Waals surface area contributed by atoms with Crippen LogP contribution < -0.4 is 4.74 Å². The van der Waals surface area contributed by atoms with E-state index in [1.165, 1.54) is 16.7 Å². The van der Waals surface area contributed by atoms with Crippen LogP contribution in [0.4, 0.5) is 0 Å². The van der Waals surface area contributed by atoms with E-state index in [1.54, 1.807) is 0 Å². The zero-order chi connectivity index (χ0) is 13.4. The molecule has 2 aromatic carbocycles. The Kier molecular flexibility index (Phi) is 3.55. The lowest BCUT2D eigenvalue weighted by molar-refractivity contribution is 0.357. The number of fused-ring (bicyclic) bond motifs is 1. The lowest BCUT2D eigenvalue weighted by atomic mass is 9.98. The van der Waals surface area contributed by atoms with Crippen molar-refractivity contribution in [3.63, 3.8) is 0 Å². The van der Waals surface area contributed by atoms with Crippen molar-refractivity contribution in [1.82, 2.24) is 0 Å². The molecule has 0 saturated heterocycles. The number of hydrogen-bond donors (Lipinski definition) is 0. The van der Waals surface area contributed by atoms with E-state index in [2.05, 4.69) is 47.1 Å². The first kappa shape index (κ1) is 13.0. The fraction of sp³-hybridized carbons (Fsp3) is 0.250. The Balaban J connectivity index is 2.00. The molecule has 0 aromatic heterocycles. The van der Waals surface area contributed by atoms with Crippen LogP contribution in [0.2, 0.25) is 5.02 Å².